The largest absolute Gasteiger partial charge is 0.494 e. The highest BCUT2D eigenvalue weighted by molar-refractivity contribution is 6.07. The van der Waals surface area contributed by atoms with E-state index >= 15 is 0 Å². The predicted molar refractivity (Wildman–Crippen MR) is 76.8 cm³/mol. The zero-order valence-corrected chi connectivity index (χ0v) is 12.1. The molecule has 1 saturated heterocycles. The van der Waals surface area contributed by atoms with E-state index in [0.717, 1.165) is 4.90 Å². The van der Waals surface area contributed by atoms with Crippen molar-refractivity contribution in [1.82, 2.24) is 4.90 Å². The van der Waals surface area contributed by atoms with Crippen LogP contribution >= 0.6 is 0 Å². The fraction of sp³-hybridized carbons (Fsp3) is 0.400. The second-order valence-corrected chi connectivity index (χ2v) is 4.78. The van der Waals surface area contributed by atoms with Crippen LogP contribution in [-0.2, 0) is 14.4 Å². The highest BCUT2D eigenvalue weighted by Gasteiger charge is 2.36. The average Bonchev–Trinajstić information content (AvgIpc) is 2.80. The van der Waals surface area contributed by atoms with E-state index in [9.17, 15) is 14.4 Å². The van der Waals surface area contributed by atoms with E-state index in [1.807, 2.05) is 6.92 Å². The molecule has 0 unspecified atom stereocenters. The van der Waals surface area contributed by atoms with Crippen molar-refractivity contribution in [3.8, 4) is 5.75 Å². The third-order valence-corrected chi connectivity index (χ3v) is 3.29. The summed E-state index contributed by atoms with van der Waals surface area (Å²) in [7, 11) is 0. The molecule has 0 spiro atoms. The summed E-state index contributed by atoms with van der Waals surface area (Å²) in [6.45, 7) is 4.01. The van der Waals surface area contributed by atoms with E-state index < -0.39 is 6.04 Å². The lowest BCUT2D eigenvalue weighted by atomic mass is 10.2. The van der Waals surface area contributed by atoms with Gasteiger partial charge in [0.15, 0.2) is 0 Å². The summed E-state index contributed by atoms with van der Waals surface area (Å²) in [5.74, 6) is -0.264. The number of hydrogen-bond donors (Lipinski definition) is 1. The summed E-state index contributed by atoms with van der Waals surface area (Å²) < 4.78 is 5.31. The molecular weight excluding hydrogens is 272 g/mol. The Kier molecular flexibility index (Phi) is 4.57. The fourth-order valence-corrected chi connectivity index (χ4v) is 2.19. The van der Waals surface area contributed by atoms with Gasteiger partial charge in [0.1, 0.15) is 11.8 Å². The molecule has 1 N–H and O–H groups in total. The average molecular weight is 290 g/mol. The van der Waals surface area contributed by atoms with Crippen LogP contribution in [-0.4, -0.2) is 35.3 Å². The smallest absolute Gasteiger partial charge is 0.247 e. The van der Waals surface area contributed by atoms with Crippen molar-refractivity contribution >= 4 is 23.4 Å². The van der Waals surface area contributed by atoms with E-state index in [2.05, 4.69) is 5.32 Å². The van der Waals surface area contributed by atoms with Crippen molar-refractivity contribution in [2.24, 2.45) is 0 Å². The Labute approximate surface area is 123 Å². The molecule has 2 rings (SSSR count). The van der Waals surface area contributed by atoms with Gasteiger partial charge in [-0.1, -0.05) is 0 Å². The molecule has 0 aromatic heterocycles. The van der Waals surface area contributed by atoms with Gasteiger partial charge in [-0.05, 0) is 38.1 Å². The van der Waals surface area contributed by atoms with Crippen molar-refractivity contribution < 1.29 is 19.1 Å². The Bertz CT molecular complexity index is 537. The lowest BCUT2D eigenvalue weighted by Gasteiger charge is -2.21. The Morgan fingerprint density at radius 3 is 2.33 bits per heavy atom. The molecule has 21 heavy (non-hydrogen) atoms. The normalized spacial score (nSPS) is 16.0. The SMILES string of the molecule is CCOc1ccc(NC(=O)[C@@H](C)N2C(=O)CCC2=O)cc1. The third kappa shape index (κ3) is 3.39. The van der Waals surface area contributed by atoms with Crippen LogP contribution in [0.2, 0.25) is 0 Å². The molecular formula is C15H18N2O4. The molecule has 1 aromatic carbocycles. The number of imide groups is 1. The molecule has 1 aromatic rings. The van der Waals surface area contributed by atoms with Crippen molar-refractivity contribution in [2.75, 3.05) is 11.9 Å². The highest BCUT2D eigenvalue weighted by atomic mass is 16.5. The van der Waals surface area contributed by atoms with Crippen molar-refractivity contribution in [1.29, 1.82) is 0 Å². The molecule has 1 aliphatic heterocycles. The van der Waals surface area contributed by atoms with Gasteiger partial charge in [-0.25, -0.2) is 0 Å². The predicted octanol–water partition coefficient (Wildman–Crippen LogP) is 1.56. The third-order valence-electron chi connectivity index (χ3n) is 3.29. The van der Waals surface area contributed by atoms with E-state index in [4.69, 9.17) is 4.74 Å². The number of anilines is 1. The minimum absolute atomic E-state index is 0.180. The summed E-state index contributed by atoms with van der Waals surface area (Å²) in [6, 6.07) is 6.11. The zero-order chi connectivity index (χ0) is 15.4. The van der Waals surface area contributed by atoms with Crippen LogP contribution in [0.5, 0.6) is 5.75 Å². The first-order chi connectivity index (χ1) is 10.0. The lowest BCUT2D eigenvalue weighted by Crippen LogP contribution is -2.44. The summed E-state index contributed by atoms with van der Waals surface area (Å²) in [5.41, 5.74) is 0.592. The zero-order valence-electron chi connectivity index (χ0n) is 12.1. The number of carbonyl (C=O) groups is 3. The molecule has 1 aliphatic rings. The number of nitrogens with one attached hydrogen (secondary N) is 1. The van der Waals surface area contributed by atoms with Gasteiger partial charge < -0.3 is 10.1 Å². The first-order valence-electron chi connectivity index (χ1n) is 6.91. The molecule has 3 amide bonds. The second kappa shape index (κ2) is 6.39. The van der Waals surface area contributed by atoms with Crippen LogP contribution in [0.3, 0.4) is 0 Å². The van der Waals surface area contributed by atoms with Gasteiger partial charge in [-0.15, -0.1) is 0 Å². The maximum Gasteiger partial charge on any atom is 0.247 e. The fourth-order valence-electron chi connectivity index (χ4n) is 2.19. The molecule has 0 saturated carbocycles. The van der Waals surface area contributed by atoms with Gasteiger partial charge in [0.25, 0.3) is 0 Å². The summed E-state index contributed by atoms with van der Waals surface area (Å²) in [5, 5.41) is 2.69. The maximum absolute atomic E-state index is 12.1. The molecule has 0 bridgehead atoms. The number of ether oxygens (including phenoxy) is 1. The number of nitrogens with zero attached hydrogens (tertiary/aromatic N) is 1. The molecule has 6 nitrogen and oxygen atoms in total. The van der Waals surface area contributed by atoms with Gasteiger partial charge in [-0.3, -0.25) is 19.3 Å². The van der Waals surface area contributed by atoms with E-state index in [1.54, 1.807) is 31.2 Å². The number of amides is 3. The quantitative estimate of drug-likeness (QED) is 0.835. The number of benzene rings is 1. The van der Waals surface area contributed by atoms with E-state index in [1.165, 1.54) is 0 Å². The summed E-state index contributed by atoms with van der Waals surface area (Å²) >= 11 is 0. The van der Waals surface area contributed by atoms with Crippen molar-refractivity contribution in [2.45, 2.75) is 32.7 Å². The van der Waals surface area contributed by atoms with E-state index in [-0.39, 0.29) is 30.6 Å². The minimum atomic E-state index is -0.806. The molecule has 1 atom stereocenters. The first-order valence-corrected chi connectivity index (χ1v) is 6.91. The monoisotopic (exact) mass is 290 g/mol. The first kappa shape index (κ1) is 15.0. The van der Waals surface area contributed by atoms with Gasteiger partial charge in [0, 0.05) is 18.5 Å². The van der Waals surface area contributed by atoms with Gasteiger partial charge in [-0.2, -0.15) is 0 Å². The Morgan fingerprint density at radius 1 is 1.24 bits per heavy atom. The number of rotatable bonds is 5. The highest BCUT2D eigenvalue weighted by Crippen LogP contribution is 2.18. The van der Waals surface area contributed by atoms with Gasteiger partial charge in [0.05, 0.1) is 6.61 Å². The van der Waals surface area contributed by atoms with E-state index in [0.29, 0.717) is 18.0 Å². The van der Waals surface area contributed by atoms with Crippen LogP contribution < -0.4 is 10.1 Å². The van der Waals surface area contributed by atoms with Gasteiger partial charge in [0.2, 0.25) is 17.7 Å². The van der Waals surface area contributed by atoms with Crippen LogP contribution in [0.15, 0.2) is 24.3 Å². The molecule has 1 fully saturated rings. The Hall–Kier alpha value is -2.37. The molecule has 1 heterocycles. The molecule has 6 heteroatoms. The van der Waals surface area contributed by atoms with Crippen molar-refractivity contribution in [3.05, 3.63) is 24.3 Å². The van der Waals surface area contributed by atoms with Crippen LogP contribution in [0.25, 0.3) is 0 Å². The second-order valence-electron chi connectivity index (χ2n) is 4.78. The van der Waals surface area contributed by atoms with Gasteiger partial charge >= 0.3 is 0 Å². The molecule has 0 aliphatic carbocycles. The van der Waals surface area contributed by atoms with Crippen LogP contribution in [0.1, 0.15) is 26.7 Å². The van der Waals surface area contributed by atoms with Crippen LogP contribution in [0.4, 0.5) is 5.69 Å². The molecule has 112 valence electrons. The summed E-state index contributed by atoms with van der Waals surface area (Å²) in [4.78, 5) is 36.4. The maximum atomic E-state index is 12.1. The standard InChI is InChI=1S/C15H18N2O4/c1-3-21-12-6-4-11(5-7-12)16-15(20)10(2)17-13(18)8-9-14(17)19/h4-7,10H,3,8-9H2,1-2H3,(H,16,20)/t10-/m1/s1. The van der Waals surface area contributed by atoms with Crippen molar-refractivity contribution in [3.63, 3.8) is 0 Å². The number of hydrogen-bond acceptors (Lipinski definition) is 4. The minimum Gasteiger partial charge on any atom is -0.494 e. The molecule has 0 radical (unpaired) electrons. The van der Waals surface area contributed by atoms with Crippen LogP contribution in [0, 0.1) is 0 Å². The Morgan fingerprint density at radius 2 is 1.81 bits per heavy atom. The topological polar surface area (TPSA) is 75.7 Å². The number of likely N-dealkylation sites (tertiary alicyclic amines) is 1. The number of carbonyl (C=O) groups excluding carboxylic acids is 3. The Balaban J connectivity index is 2.00. The lowest BCUT2D eigenvalue weighted by molar-refractivity contribution is -0.144. The summed E-state index contributed by atoms with van der Waals surface area (Å²) in [6.07, 6.45) is 0.360.